The van der Waals surface area contributed by atoms with E-state index >= 15 is 0 Å². The monoisotopic (exact) mass is 201 g/mol. The number of carbonyl (C=O) groups excluding carboxylic acids is 1. The maximum atomic E-state index is 11.2. The molecule has 1 amide bonds. The van der Waals surface area contributed by atoms with E-state index in [0.717, 1.165) is 39.3 Å². The number of rotatable bonds is 4. The minimum Gasteiger partial charge on any atom is -0.383 e. The second-order valence-corrected chi connectivity index (χ2v) is 3.42. The second kappa shape index (κ2) is 5.95. The van der Waals surface area contributed by atoms with E-state index in [0.29, 0.717) is 0 Å². The van der Waals surface area contributed by atoms with Crippen molar-refractivity contribution in [2.45, 2.75) is 0 Å². The molecular formula is C9H19N3O2. The van der Waals surface area contributed by atoms with Gasteiger partial charge in [-0.1, -0.05) is 0 Å². The van der Waals surface area contributed by atoms with Gasteiger partial charge in [-0.15, -0.1) is 0 Å². The van der Waals surface area contributed by atoms with Crippen LogP contribution in [0.4, 0.5) is 0 Å². The van der Waals surface area contributed by atoms with E-state index in [9.17, 15) is 4.79 Å². The molecule has 0 bridgehead atoms. The largest absolute Gasteiger partial charge is 0.383 e. The van der Waals surface area contributed by atoms with E-state index in [1.807, 2.05) is 4.90 Å². The molecular weight excluding hydrogens is 182 g/mol. The van der Waals surface area contributed by atoms with Crippen molar-refractivity contribution in [2.75, 3.05) is 53.0 Å². The van der Waals surface area contributed by atoms with Crippen LogP contribution in [0.2, 0.25) is 0 Å². The summed E-state index contributed by atoms with van der Waals surface area (Å²) in [6.45, 7) is 5.26. The van der Waals surface area contributed by atoms with Gasteiger partial charge in [0.15, 0.2) is 0 Å². The highest BCUT2D eigenvalue weighted by Crippen LogP contribution is 2.00. The molecule has 1 rings (SSSR count). The first kappa shape index (κ1) is 11.4. The van der Waals surface area contributed by atoms with Gasteiger partial charge >= 0.3 is 0 Å². The van der Waals surface area contributed by atoms with E-state index in [4.69, 9.17) is 10.5 Å². The Morgan fingerprint density at radius 1 is 1.36 bits per heavy atom. The number of nitrogens with zero attached hydrogens (tertiary/aromatic N) is 2. The maximum absolute atomic E-state index is 11.2. The fourth-order valence-electron chi connectivity index (χ4n) is 1.57. The number of carbonyl (C=O) groups is 1. The highest BCUT2D eigenvalue weighted by atomic mass is 16.5. The number of amides is 1. The van der Waals surface area contributed by atoms with Crippen LogP contribution in [0.25, 0.3) is 0 Å². The van der Waals surface area contributed by atoms with Gasteiger partial charge in [-0.25, -0.2) is 0 Å². The average molecular weight is 201 g/mol. The molecule has 0 atom stereocenters. The standard InChI is InChI=1S/C9H19N3O2/c1-14-7-6-11-2-4-12(5-3-11)9(13)8-10/h2-8,10H2,1H3. The first-order chi connectivity index (χ1) is 6.77. The van der Waals surface area contributed by atoms with Crippen LogP contribution in [0.3, 0.4) is 0 Å². The molecule has 0 aromatic carbocycles. The molecule has 1 aliphatic heterocycles. The van der Waals surface area contributed by atoms with Crippen LogP contribution in [0.15, 0.2) is 0 Å². The molecule has 2 N–H and O–H groups in total. The van der Waals surface area contributed by atoms with E-state index in [-0.39, 0.29) is 12.5 Å². The van der Waals surface area contributed by atoms with Crippen LogP contribution in [-0.2, 0) is 9.53 Å². The average Bonchev–Trinajstić information content (AvgIpc) is 2.26. The summed E-state index contributed by atoms with van der Waals surface area (Å²) in [5.74, 6) is 0.0522. The molecule has 5 nitrogen and oxygen atoms in total. The lowest BCUT2D eigenvalue weighted by Crippen LogP contribution is -2.50. The number of piperazine rings is 1. The van der Waals surface area contributed by atoms with Crippen LogP contribution in [-0.4, -0.2) is 68.7 Å². The third kappa shape index (κ3) is 3.25. The van der Waals surface area contributed by atoms with E-state index in [2.05, 4.69) is 4.90 Å². The lowest BCUT2D eigenvalue weighted by Gasteiger charge is -2.34. The normalized spacial score (nSPS) is 18.6. The number of hydrogen-bond acceptors (Lipinski definition) is 4. The van der Waals surface area contributed by atoms with Gasteiger partial charge in [-0.05, 0) is 0 Å². The summed E-state index contributed by atoms with van der Waals surface area (Å²) in [6, 6.07) is 0. The zero-order chi connectivity index (χ0) is 10.4. The summed E-state index contributed by atoms with van der Waals surface area (Å²) in [4.78, 5) is 15.4. The Balaban J connectivity index is 2.20. The van der Waals surface area contributed by atoms with Crippen molar-refractivity contribution in [1.29, 1.82) is 0 Å². The second-order valence-electron chi connectivity index (χ2n) is 3.42. The predicted molar refractivity (Wildman–Crippen MR) is 54.0 cm³/mol. The molecule has 1 heterocycles. The Kier molecular flexibility index (Phi) is 4.86. The quantitative estimate of drug-likeness (QED) is 0.616. The van der Waals surface area contributed by atoms with Crippen molar-refractivity contribution in [3.63, 3.8) is 0 Å². The summed E-state index contributed by atoms with van der Waals surface area (Å²) in [5.41, 5.74) is 5.29. The Morgan fingerprint density at radius 2 is 2.00 bits per heavy atom. The summed E-state index contributed by atoms with van der Waals surface area (Å²) in [6.07, 6.45) is 0. The smallest absolute Gasteiger partial charge is 0.236 e. The van der Waals surface area contributed by atoms with Crippen molar-refractivity contribution in [3.8, 4) is 0 Å². The summed E-state index contributed by atoms with van der Waals surface area (Å²) < 4.78 is 5.00. The highest BCUT2D eigenvalue weighted by Gasteiger charge is 2.19. The van der Waals surface area contributed by atoms with Crippen molar-refractivity contribution in [2.24, 2.45) is 5.73 Å². The Hall–Kier alpha value is -0.650. The minimum absolute atomic E-state index is 0.0522. The zero-order valence-electron chi connectivity index (χ0n) is 8.74. The van der Waals surface area contributed by atoms with Crippen LogP contribution >= 0.6 is 0 Å². The molecule has 0 aromatic rings. The van der Waals surface area contributed by atoms with Crippen molar-refractivity contribution in [3.05, 3.63) is 0 Å². The van der Waals surface area contributed by atoms with Gasteiger partial charge in [-0.3, -0.25) is 9.69 Å². The van der Waals surface area contributed by atoms with E-state index in [1.165, 1.54) is 0 Å². The van der Waals surface area contributed by atoms with Crippen molar-refractivity contribution >= 4 is 5.91 Å². The molecule has 0 spiro atoms. The van der Waals surface area contributed by atoms with Gasteiger partial charge < -0.3 is 15.4 Å². The maximum Gasteiger partial charge on any atom is 0.236 e. The fraction of sp³-hybridized carbons (Fsp3) is 0.889. The SMILES string of the molecule is COCCN1CCN(C(=O)CN)CC1. The van der Waals surface area contributed by atoms with Gasteiger partial charge in [0.25, 0.3) is 0 Å². The fourth-order valence-corrected chi connectivity index (χ4v) is 1.57. The molecule has 0 aromatic heterocycles. The van der Waals surface area contributed by atoms with Gasteiger partial charge in [0, 0.05) is 39.8 Å². The molecule has 5 heteroatoms. The molecule has 0 saturated carbocycles. The number of nitrogens with two attached hydrogens (primary N) is 1. The minimum atomic E-state index is 0.0522. The number of ether oxygens (including phenoxy) is 1. The third-order valence-electron chi connectivity index (χ3n) is 2.51. The lowest BCUT2D eigenvalue weighted by molar-refractivity contribution is -0.131. The zero-order valence-corrected chi connectivity index (χ0v) is 8.74. The predicted octanol–water partition coefficient (Wildman–Crippen LogP) is -1.26. The van der Waals surface area contributed by atoms with Crippen LogP contribution < -0.4 is 5.73 Å². The van der Waals surface area contributed by atoms with E-state index < -0.39 is 0 Å². The Morgan fingerprint density at radius 3 is 2.50 bits per heavy atom. The van der Waals surface area contributed by atoms with Gasteiger partial charge in [0.2, 0.25) is 5.91 Å². The van der Waals surface area contributed by atoms with Crippen molar-refractivity contribution < 1.29 is 9.53 Å². The van der Waals surface area contributed by atoms with Crippen molar-refractivity contribution in [1.82, 2.24) is 9.80 Å². The first-order valence-corrected chi connectivity index (χ1v) is 4.97. The molecule has 1 fully saturated rings. The Labute approximate surface area is 84.8 Å². The summed E-state index contributed by atoms with van der Waals surface area (Å²) >= 11 is 0. The Bertz CT molecular complexity index is 179. The van der Waals surface area contributed by atoms with Crippen LogP contribution in [0, 0.1) is 0 Å². The molecule has 82 valence electrons. The van der Waals surface area contributed by atoms with E-state index in [1.54, 1.807) is 7.11 Å². The van der Waals surface area contributed by atoms with Gasteiger partial charge in [0.05, 0.1) is 13.2 Å². The molecule has 1 aliphatic rings. The number of methoxy groups -OCH3 is 1. The molecule has 0 unspecified atom stereocenters. The molecule has 0 radical (unpaired) electrons. The topological polar surface area (TPSA) is 58.8 Å². The summed E-state index contributed by atoms with van der Waals surface area (Å²) in [7, 11) is 1.70. The number of hydrogen-bond donors (Lipinski definition) is 1. The lowest BCUT2D eigenvalue weighted by atomic mass is 10.3. The third-order valence-corrected chi connectivity index (χ3v) is 2.51. The van der Waals surface area contributed by atoms with Crippen LogP contribution in [0.1, 0.15) is 0 Å². The molecule has 14 heavy (non-hydrogen) atoms. The molecule has 0 aliphatic carbocycles. The highest BCUT2D eigenvalue weighted by molar-refractivity contribution is 5.78. The van der Waals surface area contributed by atoms with Gasteiger partial charge in [-0.2, -0.15) is 0 Å². The summed E-state index contributed by atoms with van der Waals surface area (Å²) in [5, 5.41) is 0. The van der Waals surface area contributed by atoms with Crippen LogP contribution in [0.5, 0.6) is 0 Å². The first-order valence-electron chi connectivity index (χ1n) is 4.97. The van der Waals surface area contributed by atoms with Gasteiger partial charge in [0.1, 0.15) is 0 Å². The molecule has 1 saturated heterocycles.